The predicted molar refractivity (Wildman–Crippen MR) is 94.6 cm³/mol. The lowest BCUT2D eigenvalue weighted by Gasteiger charge is -2.14. The molecule has 2 aliphatic rings. The Labute approximate surface area is 141 Å². The summed E-state index contributed by atoms with van der Waals surface area (Å²) in [5.41, 5.74) is 2.15. The molecule has 0 aromatic heterocycles. The fraction of sp³-hybridized carbons (Fsp3) is 0.556. The van der Waals surface area contributed by atoms with E-state index in [9.17, 15) is 9.59 Å². The van der Waals surface area contributed by atoms with Gasteiger partial charge < -0.3 is 10.6 Å². The second-order valence-electron chi connectivity index (χ2n) is 6.32. The Morgan fingerprint density at radius 1 is 1.22 bits per heavy atom. The highest BCUT2D eigenvalue weighted by atomic mass is 32.2. The lowest BCUT2D eigenvalue weighted by atomic mass is 10.1. The fourth-order valence-corrected chi connectivity index (χ4v) is 4.36. The second-order valence-corrected chi connectivity index (χ2v) is 7.63. The molecular weight excluding hydrogens is 308 g/mol. The van der Waals surface area contributed by atoms with Gasteiger partial charge in [-0.05, 0) is 37.3 Å². The monoisotopic (exact) mass is 332 g/mol. The quantitative estimate of drug-likeness (QED) is 0.815. The smallest absolute Gasteiger partial charge is 0.237 e. The minimum atomic E-state index is -0.0363. The number of fused-ring (bicyclic) bond motifs is 1. The van der Waals surface area contributed by atoms with Crippen LogP contribution in [0.2, 0.25) is 0 Å². The second kappa shape index (κ2) is 7.86. The van der Waals surface area contributed by atoms with Crippen LogP contribution in [0.15, 0.2) is 24.3 Å². The molecule has 124 valence electrons. The Morgan fingerprint density at radius 3 is 2.83 bits per heavy atom. The highest BCUT2D eigenvalue weighted by molar-refractivity contribution is 8.00. The van der Waals surface area contributed by atoms with Crippen LogP contribution >= 0.6 is 11.8 Å². The van der Waals surface area contributed by atoms with Crippen LogP contribution in [0, 0.1) is 5.92 Å². The normalized spacial score (nSPS) is 21.4. The molecule has 5 heteroatoms. The van der Waals surface area contributed by atoms with Gasteiger partial charge in [-0.25, -0.2) is 0 Å². The van der Waals surface area contributed by atoms with E-state index < -0.39 is 0 Å². The van der Waals surface area contributed by atoms with Crippen molar-refractivity contribution in [1.82, 2.24) is 5.32 Å². The van der Waals surface area contributed by atoms with Gasteiger partial charge in [-0.15, -0.1) is 11.8 Å². The number of nitrogens with one attached hydrogen (secondary N) is 2. The molecule has 0 bridgehead atoms. The van der Waals surface area contributed by atoms with E-state index in [1.165, 1.54) is 18.4 Å². The molecule has 1 saturated carbocycles. The molecule has 2 N–H and O–H groups in total. The molecular formula is C18H24N2O2S. The number of amides is 2. The number of carbonyl (C=O) groups excluding carboxylic acids is 2. The molecule has 1 fully saturated rings. The third-order valence-electron chi connectivity index (χ3n) is 4.69. The first-order valence-corrected chi connectivity index (χ1v) is 9.57. The molecule has 1 aliphatic heterocycles. The maximum atomic E-state index is 12.3. The summed E-state index contributed by atoms with van der Waals surface area (Å²) in [4.78, 5) is 24.3. The van der Waals surface area contributed by atoms with Gasteiger partial charge in [-0.2, -0.15) is 0 Å². The van der Waals surface area contributed by atoms with Crippen LogP contribution in [-0.2, 0) is 16.0 Å². The summed E-state index contributed by atoms with van der Waals surface area (Å²) in [5.74, 6) is 1.28. The molecule has 0 unspecified atom stereocenters. The number of thioether (sulfide) groups is 1. The molecule has 1 aromatic carbocycles. The molecule has 1 heterocycles. The standard InChI is InChI=1S/C18H24N2O2S/c21-17(14-6-1-2-7-14)19-11-12-23-16-10-9-13-5-3-4-8-15(13)20-18(16)22/h3-5,8,14,16H,1-2,6-7,9-12H2,(H,19,21)(H,20,22)/t16-/m0/s1. The third kappa shape index (κ3) is 4.28. The molecule has 1 atom stereocenters. The molecule has 1 aliphatic carbocycles. The minimum Gasteiger partial charge on any atom is -0.355 e. The zero-order valence-corrected chi connectivity index (χ0v) is 14.2. The Hall–Kier alpha value is -1.49. The van der Waals surface area contributed by atoms with Crippen molar-refractivity contribution in [3.8, 4) is 0 Å². The molecule has 0 spiro atoms. The van der Waals surface area contributed by atoms with E-state index in [0.717, 1.165) is 37.1 Å². The number of aryl methyl sites for hydroxylation is 1. The van der Waals surface area contributed by atoms with Crippen LogP contribution in [-0.4, -0.2) is 29.4 Å². The Bertz CT molecular complexity index is 570. The van der Waals surface area contributed by atoms with Crippen molar-refractivity contribution in [3.05, 3.63) is 29.8 Å². The summed E-state index contributed by atoms with van der Waals surface area (Å²) in [5, 5.41) is 6.00. The average Bonchev–Trinajstić information content (AvgIpc) is 3.04. The summed E-state index contributed by atoms with van der Waals surface area (Å²) in [6.45, 7) is 0.650. The predicted octanol–water partition coefficient (Wildman–Crippen LogP) is 2.98. The first-order valence-electron chi connectivity index (χ1n) is 8.52. The minimum absolute atomic E-state index is 0.0363. The number of rotatable bonds is 5. The number of benzene rings is 1. The molecule has 4 nitrogen and oxygen atoms in total. The van der Waals surface area contributed by atoms with Crippen molar-refractivity contribution in [2.75, 3.05) is 17.6 Å². The largest absolute Gasteiger partial charge is 0.355 e. The van der Waals surface area contributed by atoms with Gasteiger partial charge in [-0.3, -0.25) is 9.59 Å². The Morgan fingerprint density at radius 2 is 2.00 bits per heavy atom. The van der Waals surface area contributed by atoms with E-state index in [0.29, 0.717) is 6.54 Å². The van der Waals surface area contributed by atoms with Gasteiger partial charge in [-0.1, -0.05) is 31.0 Å². The summed E-state index contributed by atoms with van der Waals surface area (Å²) >= 11 is 1.65. The fourth-order valence-electron chi connectivity index (χ4n) is 3.36. The summed E-state index contributed by atoms with van der Waals surface area (Å²) in [6.07, 6.45) is 6.18. The summed E-state index contributed by atoms with van der Waals surface area (Å²) in [6, 6.07) is 7.99. The maximum Gasteiger partial charge on any atom is 0.237 e. The lowest BCUT2D eigenvalue weighted by molar-refractivity contribution is -0.124. The molecule has 0 radical (unpaired) electrons. The maximum absolute atomic E-state index is 12.3. The van der Waals surface area contributed by atoms with Gasteiger partial charge in [0, 0.05) is 23.9 Å². The van der Waals surface area contributed by atoms with Crippen molar-refractivity contribution in [2.24, 2.45) is 5.92 Å². The van der Waals surface area contributed by atoms with E-state index in [1.54, 1.807) is 11.8 Å². The van der Waals surface area contributed by atoms with Crippen LogP contribution in [0.5, 0.6) is 0 Å². The van der Waals surface area contributed by atoms with Crippen molar-refractivity contribution in [2.45, 2.75) is 43.8 Å². The van der Waals surface area contributed by atoms with Crippen molar-refractivity contribution in [1.29, 1.82) is 0 Å². The number of para-hydroxylation sites is 1. The number of hydrogen-bond acceptors (Lipinski definition) is 3. The van der Waals surface area contributed by atoms with Crippen molar-refractivity contribution in [3.63, 3.8) is 0 Å². The van der Waals surface area contributed by atoms with E-state index in [1.807, 2.05) is 18.2 Å². The summed E-state index contributed by atoms with van der Waals surface area (Å²) in [7, 11) is 0. The molecule has 1 aromatic rings. The van der Waals surface area contributed by atoms with Gasteiger partial charge in [0.15, 0.2) is 0 Å². The van der Waals surface area contributed by atoms with Crippen LogP contribution < -0.4 is 10.6 Å². The number of carbonyl (C=O) groups is 2. The van der Waals surface area contributed by atoms with Crippen LogP contribution in [0.25, 0.3) is 0 Å². The van der Waals surface area contributed by atoms with E-state index in [2.05, 4.69) is 16.7 Å². The highest BCUT2D eigenvalue weighted by Gasteiger charge is 2.24. The summed E-state index contributed by atoms with van der Waals surface area (Å²) < 4.78 is 0. The van der Waals surface area contributed by atoms with Gasteiger partial charge >= 0.3 is 0 Å². The molecule has 3 rings (SSSR count). The van der Waals surface area contributed by atoms with Crippen molar-refractivity contribution >= 4 is 29.3 Å². The van der Waals surface area contributed by atoms with Gasteiger partial charge in [0.1, 0.15) is 0 Å². The van der Waals surface area contributed by atoms with Crippen LogP contribution in [0.3, 0.4) is 0 Å². The number of anilines is 1. The van der Waals surface area contributed by atoms with Gasteiger partial charge in [0.05, 0.1) is 5.25 Å². The SMILES string of the molecule is O=C(NCCS[C@H]1CCc2ccccc2NC1=O)C1CCCC1. The Kier molecular flexibility index (Phi) is 5.60. The lowest BCUT2D eigenvalue weighted by Crippen LogP contribution is -2.32. The van der Waals surface area contributed by atoms with Gasteiger partial charge in [0.2, 0.25) is 11.8 Å². The van der Waals surface area contributed by atoms with E-state index in [4.69, 9.17) is 0 Å². The number of hydrogen-bond donors (Lipinski definition) is 2. The van der Waals surface area contributed by atoms with Crippen molar-refractivity contribution < 1.29 is 9.59 Å². The topological polar surface area (TPSA) is 58.2 Å². The van der Waals surface area contributed by atoms with Crippen LogP contribution in [0.4, 0.5) is 5.69 Å². The third-order valence-corrected chi connectivity index (χ3v) is 5.98. The average molecular weight is 332 g/mol. The van der Waals surface area contributed by atoms with Crippen LogP contribution in [0.1, 0.15) is 37.7 Å². The zero-order chi connectivity index (χ0) is 16.1. The first kappa shape index (κ1) is 16.4. The van der Waals surface area contributed by atoms with E-state index in [-0.39, 0.29) is 23.0 Å². The molecule has 2 amide bonds. The zero-order valence-electron chi connectivity index (χ0n) is 13.3. The molecule has 23 heavy (non-hydrogen) atoms. The highest BCUT2D eigenvalue weighted by Crippen LogP contribution is 2.27. The van der Waals surface area contributed by atoms with Gasteiger partial charge in [0.25, 0.3) is 0 Å². The first-order chi connectivity index (χ1) is 11.2. The Balaban J connectivity index is 1.42. The molecule has 0 saturated heterocycles. The van der Waals surface area contributed by atoms with E-state index >= 15 is 0 Å².